The number of piperidine rings is 1. The predicted molar refractivity (Wildman–Crippen MR) is 79.4 cm³/mol. The highest BCUT2D eigenvalue weighted by Gasteiger charge is 2.28. The maximum absolute atomic E-state index is 12.9. The fourth-order valence-corrected chi connectivity index (χ4v) is 3.01. The van der Waals surface area contributed by atoms with Crippen LogP contribution >= 0.6 is 0 Å². The number of benzene rings is 1. The molecule has 6 heteroatoms. The third kappa shape index (κ3) is 3.18. The zero-order valence-corrected chi connectivity index (χ0v) is 12.6. The summed E-state index contributed by atoms with van der Waals surface area (Å²) < 4.78 is 18.3. The van der Waals surface area contributed by atoms with Crippen molar-refractivity contribution in [1.29, 1.82) is 0 Å². The van der Waals surface area contributed by atoms with Gasteiger partial charge in [-0.25, -0.2) is 4.39 Å². The van der Waals surface area contributed by atoms with Crippen molar-refractivity contribution >= 4 is 0 Å². The molecule has 2 atom stereocenters. The Morgan fingerprint density at radius 2 is 2.09 bits per heavy atom. The molecule has 1 aromatic heterocycles. The Bertz CT molecular complexity index is 614. The molecule has 1 N–H and O–H groups in total. The second-order valence-electron chi connectivity index (χ2n) is 5.81. The number of nitrogens with zero attached hydrogens (tertiary/aromatic N) is 3. The van der Waals surface area contributed by atoms with E-state index in [9.17, 15) is 9.50 Å². The van der Waals surface area contributed by atoms with E-state index in [0.717, 1.165) is 24.8 Å². The van der Waals surface area contributed by atoms with Crippen molar-refractivity contribution in [2.24, 2.45) is 0 Å². The van der Waals surface area contributed by atoms with E-state index in [1.165, 1.54) is 12.1 Å². The summed E-state index contributed by atoms with van der Waals surface area (Å²) in [6, 6.07) is 6.53. The lowest BCUT2D eigenvalue weighted by atomic mass is 9.97. The van der Waals surface area contributed by atoms with Crippen LogP contribution in [0.1, 0.15) is 32.1 Å². The van der Waals surface area contributed by atoms with E-state index in [1.54, 1.807) is 12.1 Å². The number of halogens is 1. The zero-order valence-electron chi connectivity index (χ0n) is 12.6. The second-order valence-corrected chi connectivity index (χ2v) is 5.81. The number of hydrogen-bond donors (Lipinski definition) is 1. The standard InChI is InChI=1S/C16H20FN3O2/c1-11-3-2-4-14(10-21)20(11)9-15-18-16(19-22-15)12-5-7-13(17)8-6-12/h5-8,11,14,21H,2-4,9-10H2,1H3. The largest absolute Gasteiger partial charge is 0.395 e. The van der Waals surface area contributed by atoms with Crippen molar-refractivity contribution < 1.29 is 14.0 Å². The molecule has 0 bridgehead atoms. The molecule has 0 spiro atoms. The first-order valence-electron chi connectivity index (χ1n) is 7.62. The summed E-state index contributed by atoms with van der Waals surface area (Å²) in [6.07, 6.45) is 3.23. The molecule has 0 radical (unpaired) electrons. The number of aromatic nitrogens is 2. The van der Waals surface area contributed by atoms with Gasteiger partial charge in [-0.15, -0.1) is 0 Å². The van der Waals surface area contributed by atoms with Gasteiger partial charge in [0.15, 0.2) is 0 Å². The van der Waals surface area contributed by atoms with Gasteiger partial charge >= 0.3 is 0 Å². The molecule has 0 aliphatic carbocycles. The Morgan fingerprint density at radius 1 is 1.32 bits per heavy atom. The first-order valence-corrected chi connectivity index (χ1v) is 7.62. The van der Waals surface area contributed by atoms with Crippen molar-refractivity contribution in [1.82, 2.24) is 15.0 Å². The van der Waals surface area contributed by atoms with Gasteiger partial charge in [0.1, 0.15) is 5.82 Å². The molecular formula is C16H20FN3O2. The average Bonchev–Trinajstić information content (AvgIpc) is 2.98. The molecule has 1 aromatic carbocycles. The fraction of sp³-hybridized carbons (Fsp3) is 0.500. The van der Waals surface area contributed by atoms with Gasteiger partial charge < -0.3 is 9.63 Å². The smallest absolute Gasteiger partial charge is 0.241 e. The van der Waals surface area contributed by atoms with Crippen LogP contribution in [0.3, 0.4) is 0 Å². The molecule has 5 nitrogen and oxygen atoms in total. The van der Waals surface area contributed by atoms with E-state index in [4.69, 9.17) is 4.52 Å². The highest BCUT2D eigenvalue weighted by atomic mass is 19.1. The van der Waals surface area contributed by atoms with E-state index in [-0.39, 0.29) is 18.5 Å². The van der Waals surface area contributed by atoms with Crippen LogP contribution < -0.4 is 0 Å². The molecule has 118 valence electrons. The number of likely N-dealkylation sites (tertiary alicyclic amines) is 1. The molecule has 3 rings (SSSR count). The van der Waals surface area contributed by atoms with Gasteiger partial charge in [-0.1, -0.05) is 11.6 Å². The summed E-state index contributed by atoms with van der Waals surface area (Å²) in [5, 5.41) is 13.5. The summed E-state index contributed by atoms with van der Waals surface area (Å²) in [4.78, 5) is 6.60. The van der Waals surface area contributed by atoms with E-state index in [2.05, 4.69) is 22.0 Å². The zero-order chi connectivity index (χ0) is 15.5. The molecule has 0 saturated carbocycles. The van der Waals surface area contributed by atoms with Gasteiger partial charge in [0.25, 0.3) is 0 Å². The highest BCUT2D eigenvalue weighted by molar-refractivity contribution is 5.53. The summed E-state index contributed by atoms with van der Waals surface area (Å²) in [5.74, 6) is 0.687. The van der Waals surface area contributed by atoms with Crippen LogP contribution in [0, 0.1) is 5.82 Å². The molecule has 2 heterocycles. The van der Waals surface area contributed by atoms with Crippen molar-refractivity contribution in [3.05, 3.63) is 36.0 Å². The Morgan fingerprint density at radius 3 is 2.82 bits per heavy atom. The van der Waals surface area contributed by atoms with Gasteiger partial charge in [-0.2, -0.15) is 4.98 Å². The average molecular weight is 305 g/mol. The molecule has 1 aliphatic rings. The van der Waals surface area contributed by atoms with Crippen LogP contribution in [-0.4, -0.2) is 38.8 Å². The number of aliphatic hydroxyl groups is 1. The number of aliphatic hydroxyl groups excluding tert-OH is 1. The van der Waals surface area contributed by atoms with Gasteiger partial charge in [0, 0.05) is 17.6 Å². The Hall–Kier alpha value is -1.79. The van der Waals surface area contributed by atoms with E-state index in [1.807, 2.05) is 0 Å². The first-order chi connectivity index (χ1) is 10.7. The summed E-state index contributed by atoms with van der Waals surface area (Å²) in [6.45, 7) is 2.82. The SMILES string of the molecule is CC1CCCC(CO)N1Cc1nc(-c2ccc(F)cc2)no1. The van der Waals surface area contributed by atoms with E-state index in [0.29, 0.717) is 24.3 Å². The monoisotopic (exact) mass is 305 g/mol. The van der Waals surface area contributed by atoms with E-state index >= 15 is 0 Å². The molecule has 2 aromatic rings. The van der Waals surface area contributed by atoms with Crippen LogP contribution in [0.2, 0.25) is 0 Å². The highest BCUT2D eigenvalue weighted by Crippen LogP contribution is 2.25. The summed E-state index contributed by atoms with van der Waals surface area (Å²) >= 11 is 0. The topological polar surface area (TPSA) is 62.4 Å². The van der Waals surface area contributed by atoms with Crippen molar-refractivity contribution in [3.63, 3.8) is 0 Å². The van der Waals surface area contributed by atoms with Gasteiger partial charge in [-0.05, 0) is 44.0 Å². The lowest BCUT2D eigenvalue weighted by Gasteiger charge is -2.38. The van der Waals surface area contributed by atoms with Gasteiger partial charge in [0.2, 0.25) is 11.7 Å². The second kappa shape index (κ2) is 6.54. The van der Waals surface area contributed by atoms with Crippen LogP contribution in [0.5, 0.6) is 0 Å². The molecular weight excluding hydrogens is 285 g/mol. The van der Waals surface area contributed by atoms with Crippen LogP contribution in [0.4, 0.5) is 4.39 Å². The van der Waals surface area contributed by atoms with Crippen LogP contribution in [0.15, 0.2) is 28.8 Å². The normalized spacial score (nSPS) is 22.9. The lowest BCUT2D eigenvalue weighted by Crippen LogP contribution is -2.46. The third-order valence-electron chi connectivity index (χ3n) is 4.29. The minimum Gasteiger partial charge on any atom is -0.395 e. The van der Waals surface area contributed by atoms with Crippen molar-refractivity contribution in [2.45, 2.75) is 44.8 Å². The Labute approximate surface area is 128 Å². The molecule has 1 aliphatic heterocycles. The third-order valence-corrected chi connectivity index (χ3v) is 4.29. The minimum absolute atomic E-state index is 0.142. The lowest BCUT2D eigenvalue weighted by molar-refractivity contribution is 0.0370. The Kier molecular flexibility index (Phi) is 4.49. The van der Waals surface area contributed by atoms with E-state index < -0.39 is 0 Å². The van der Waals surface area contributed by atoms with Crippen LogP contribution in [0.25, 0.3) is 11.4 Å². The summed E-state index contributed by atoms with van der Waals surface area (Å²) in [7, 11) is 0. The molecule has 1 fully saturated rings. The first kappa shape index (κ1) is 15.1. The molecule has 0 amide bonds. The van der Waals surface area contributed by atoms with Crippen LogP contribution in [-0.2, 0) is 6.54 Å². The molecule has 2 unspecified atom stereocenters. The van der Waals surface area contributed by atoms with Gasteiger partial charge in [-0.3, -0.25) is 4.90 Å². The maximum Gasteiger partial charge on any atom is 0.241 e. The molecule has 22 heavy (non-hydrogen) atoms. The van der Waals surface area contributed by atoms with Gasteiger partial charge in [0.05, 0.1) is 13.2 Å². The number of rotatable bonds is 4. The van der Waals surface area contributed by atoms with Crippen molar-refractivity contribution in [3.8, 4) is 11.4 Å². The summed E-state index contributed by atoms with van der Waals surface area (Å²) in [5.41, 5.74) is 0.724. The molecule has 1 saturated heterocycles. The van der Waals surface area contributed by atoms with Crippen molar-refractivity contribution in [2.75, 3.05) is 6.61 Å². The Balaban J connectivity index is 1.74. The number of hydrogen-bond acceptors (Lipinski definition) is 5. The minimum atomic E-state index is -0.291. The fourth-order valence-electron chi connectivity index (χ4n) is 3.01. The predicted octanol–water partition coefficient (Wildman–Crippen LogP) is 2.61. The maximum atomic E-state index is 12.9. The quantitative estimate of drug-likeness (QED) is 0.941.